The molecule has 0 aliphatic carbocycles. The van der Waals surface area contributed by atoms with Crippen LogP contribution in [0.25, 0.3) is 22.3 Å². The summed E-state index contributed by atoms with van der Waals surface area (Å²) in [6.07, 6.45) is 0.623. The number of phenolic OH excluding ortho intramolecular Hbond substituents is 2. The Labute approximate surface area is 190 Å². The van der Waals surface area contributed by atoms with Crippen molar-refractivity contribution in [2.24, 2.45) is 0 Å². The van der Waals surface area contributed by atoms with Crippen molar-refractivity contribution in [1.29, 1.82) is 0 Å². The van der Waals surface area contributed by atoms with E-state index in [-0.39, 0.29) is 46.6 Å². The molecule has 32 heavy (non-hydrogen) atoms. The Hall–Kier alpha value is -2.92. The summed E-state index contributed by atoms with van der Waals surface area (Å²) in [5.41, 5.74) is 2.09. The third-order valence-electron chi connectivity index (χ3n) is 5.98. The first-order chi connectivity index (χ1) is 15.3. The molecule has 2 unspecified atom stereocenters. The summed E-state index contributed by atoms with van der Waals surface area (Å²) in [4.78, 5) is 26.6. The number of aliphatic hydroxyl groups excluding tert-OH is 1. The molecule has 1 aliphatic rings. The third kappa shape index (κ3) is 3.65. The molecule has 1 amide bonds. The fraction of sp³-hybridized carbons (Fsp3) is 0.273. The number of likely N-dealkylation sites (N-methyl/N-ethyl adjacent to an activating group) is 1. The minimum absolute atomic E-state index is 0.0489. The maximum Gasteiger partial charge on any atom is 0.274 e. The fourth-order valence-corrected chi connectivity index (χ4v) is 4.92. The number of hydrogen-bond donors (Lipinski definition) is 5. The Kier molecular flexibility index (Phi) is 5.95. The first-order valence-electron chi connectivity index (χ1n) is 9.85. The monoisotopic (exact) mass is 504 g/mol. The fourth-order valence-electron chi connectivity index (χ4n) is 4.34. The number of rotatable bonds is 4. The van der Waals surface area contributed by atoms with Crippen molar-refractivity contribution in [2.45, 2.75) is 18.4 Å². The number of hydroxylamine groups is 1. The van der Waals surface area contributed by atoms with Crippen molar-refractivity contribution in [1.82, 2.24) is 10.4 Å². The van der Waals surface area contributed by atoms with Gasteiger partial charge in [0.05, 0.1) is 6.61 Å². The molecule has 1 aromatic heterocycles. The molecule has 9 nitrogen and oxygen atoms in total. The predicted molar refractivity (Wildman–Crippen MR) is 119 cm³/mol. The van der Waals surface area contributed by atoms with Gasteiger partial charge in [0, 0.05) is 45.3 Å². The number of aromatic hydroxyl groups is 2. The topological polar surface area (TPSA) is 143 Å². The highest BCUT2D eigenvalue weighted by Crippen LogP contribution is 2.44. The van der Waals surface area contributed by atoms with Crippen LogP contribution < -0.4 is 10.9 Å². The van der Waals surface area contributed by atoms with E-state index in [0.717, 1.165) is 6.07 Å². The largest absolute Gasteiger partial charge is 0.507 e. The van der Waals surface area contributed by atoms with E-state index in [1.807, 2.05) is 11.9 Å². The molecule has 3 aromatic rings. The molecule has 5 N–H and O–H groups in total. The van der Waals surface area contributed by atoms with E-state index < -0.39 is 17.1 Å². The lowest BCUT2D eigenvalue weighted by Crippen LogP contribution is -2.32. The third-order valence-corrected chi connectivity index (χ3v) is 6.63. The Morgan fingerprint density at radius 1 is 1.25 bits per heavy atom. The second-order valence-corrected chi connectivity index (χ2v) is 8.62. The van der Waals surface area contributed by atoms with Crippen molar-refractivity contribution < 1.29 is 29.7 Å². The number of hydrogen-bond acceptors (Lipinski definition) is 8. The smallest absolute Gasteiger partial charge is 0.274 e. The Bertz CT molecular complexity index is 1270. The van der Waals surface area contributed by atoms with Crippen LogP contribution in [0.1, 0.15) is 28.3 Å². The van der Waals surface area contributed by atoms with Gasteiger partial charge in [-0.15, -0.1) is 0 Å². The molecule has 0 spiro atoms. The zero-order valence-corrected chi connectivity index (χ0v) is 18.6. The van der Waals surface area contributed by atoms with Gasteiger partial charge in [-0.2, -0.15) is 0 Å². The summed E-state index contributed by atoms with van der Waals surface area (Å²) >= 11 is 3.35. The van der Waals surface area contributed by atoms with Gasteiger partial charge < -0.3 is 24.6 Å². The molecule has 10 heteroatoms. The summed E-state index contributed by atoms with van der Waals surface area (Å²) in [7, 11) is 1.86. The SMILES string of the molecule is CN1CCC(c2c(O)cc(O)c3c(=O)cc(-c4ccc(C(=O)NO)cc4Br)oc23)C1CO. The normalized spacial score (nSPS) is 18.9. The highest BCUT2D eigenvalue weighted by atomic mass is 79.9. The van der Waals surface area contributed by atoms with Crippen molar-refractivity contribution in [3.8, 4) is 22.8 Å². The number of amides is 1. The number of fused-ring (bicyclic) bond motifs is 1. The molecule has 1 aliphatic heterocycles. The van der Waals surface area contributed by atoms with Crippen LogP contribution in [0.5, 0.6) is 11.5 Å². The molecule has 1 fully saturated rings. The number of carbonyl (C=O) groups is 1. The van der Waals surface area contributed by atoms with Crippen LogP contribution in [-0.2, 0) is 0 Å². The number of halogens is 1. The lowest BCUT2D eigenvalue weighted by molar-refractivity contribution is 0.0706. The summed E-state index contributed by atoms with van der Waals surface area (Å²) in [5.74, 6) is -1.48. The van der Waals surface area contributed by atoms with Gasteiger partial charge in [0.15, 0.2) is 5.43 Å². The number of phenols is 2. The highest BCUT2D eigenvalue weighted by Gasteiger charge is 2.36. The molecule has 2 aromatic carbocycles. The molecular formula is C22H21BrN2O7. The van der Waals surface area contributed by atoms with E-state index in [4.69, 9.17) is 9.62 Å². The van der Waals surface area contributed by atoms with Gasteiger partial charge in [-0.05, 0) is 38.2 Å². The molecule has 168 valence electrons. The van der Waals surface area contributed by atoms with Crippen LogP contribution in [0.2, 0.25) is 0 Å². The van der Waals surface area contributed by atoms with Crippen LogP contribution in [0.15, 0.2) is 44.0 Å². The average Bonchev–Trinajstić information content (AvgIpc) is 3.12. The maximum atomic E-state index is 12.9. The van der Waals surface area contributed by atoms with Crippen LogP contribution in [-0.4, -0.2) is 57.6 Å². The standard InChI is InChI=1S/C22H21BrN2O7/c1-25-5-4-12(14(25)9-26)19-15(27)7-16(28)20-17(29)8-18(32-21(19)20)11-3-2-10(6-13(11)23)22(30)24-31/h2-3,6-8,12,14,26-28,31H,4-5,9H2,1H3,(H,24,30). The van der Waals surface area contributed by atoms with Crippen LogP contribution in [0.3, 0.4) is 0 Å². The summed E-state index contributed by atoms with van der Waals surface area (Å²) in [6.45, 7) is 0.536. The molecular weight excluding hydrogens is 484 g/mol. The van der Waals surface area contributed by atoms with Crippen LogP contribution >= 0.6 is 15.9 Å². The zero-order chi connectivity index (χ0) is 23.2. The number of likely N-dealkylation sites (tertiary alicyclic amines) is 1. The lowest BCUT2D eigenvalue weighted by atomic mass is 9.89. The predicted octanol–water partition coefficient (Wildman–Crippen LogP) is 2.53. The van der Waals surface area contributed by atoms with Crippen molar-refractivity contribution in [2.75, 3.05) is 20.2 Å². The average molecular weight is 505 g/mol. The van der Waals surface area contributed by atoms with Gasteiger partial charge in [0.1, 0.15) is 28.2 Å². The van der Waals surface area contributed by atoms with E-state index >= 15 is 0 Å². The Balaban J connectivity index is 1.95. The Morgan fingerprint density at radius 3 is 2.66 bits per heavy atom. The molecule has 0 saturated carbocycles. The molecule has 0 radical (unpaired) electrons. The van der Waals surface area contributed by atoms with Crippen molar-refractivity contribution in [3.63, 3.8) is 0 Å². The summed E-state index contributed by atoms with van der Waals surface area (Å²) < 4.78 is 6.50. The molecule has 4 rings (SSSR count). The quantitative estimate of drug-likeness (QED) is 0.269. The molecule has 2 atom stereocenters. The minimum atomic E-state index is -0.699. The van der Waals surface area contributed by atoms with E-state index in [2.05, 4.69) is 15.9 Å². The van der Waals surface area contributed by atoms with Gasteiger partial charge in [-0.3, -0.25) is 14.8 Å². The maximum absolute atomic E-state index is 12.9. The highest BCUT2D eigenvalue weighted by molar-refractivity contribution is 9.10. The second kappa shape index (κ2) is 8.55. The van der Waals surface area contributed by atoms with Gasteiger partial charge in [-0.1, -0.05) is 15.9 Å². The number of nitrogens with one attached hydrogen (secondary N) is 1. The number of nitrogens with zero attached hydrogens (tertiary/aromatic N) is 1. The van der Waals surface area contributed by atoms with E-state index in [1.165, 1.54) is 18.2 Å². The Morgan fingerprint density at radius 2 is 2.00 bits per heavy atom. The zero-order valence-electron chi connectivity index (χ0n) is 17.0. The summed E-state index contributed by atoms with van der Waals surface area (Å²) in [5, 5.41) is 39.7. The van der Waals surface area contributed by atoms with E-state index in [0.29, 0.717) is 28.6 Å². The second-order valence-electron chi connectivity index (χ2n) is 7.77. The van der Waals surface area contributed by atoms with Gasteiger partial charge in [0.2, 0.25) is 0 Å². The first kappa shape index (κ1) is 22.3. The number of benzene rings is 2. The van der Waals surface area contributed by atoms with Gasteiger partial charge >= 0.3 is 0 Å². The minimum Gasteiger partial charge on any atom is -0.507 e. The van der Waals surface area contributed by atoms with E-state index in [9.17, 15) is 24.9 Å². The van der Waals surface area contributed by atoms with Crippen LogP contribution in [0, 0.1) is 0 Å². The van der Waals surface area contributed by atoms with Crippen molar-refractivity contribution in [3.05, 3.63) is 56.2 Å². The first-order valence-corrected chi connectivity index (χ1v) is 10.6. The molecule has 0 bridgehead atoms. The number of aliphatic hydroxyl groups is 1. The van der Waals surface area contributed by atoms with Crippen molar-refractivity contribution >= 4 is 32.8 Å². The summed E-state index contributed by atoms with van der Waals surface area (Å²) in [6, 6.07) is 6.51. The van der Waals surface area contributed by atoms with Gasteiger partial charge in [-0.25, -0.2) is 5.48 Å². The lowest BCUT2D eigenvalue weighted by Gasteiger charge is -2.24. The number of carbonyl (C=O) groups excluding carboxylic acids is 1. The van der Waals surface area contributed by atoms with Gasteiger partial charge in [0.25, 0.3) is 5.91 Å². The molecule has 2 heterocycles. The van der Waals surface area contributed by atoms with Crippen LogP contribution in [0.4, 0.5) is 0 Å². The van der Waals surface area contributed by atoms with E-state index in [1.54, 1.807) is 11.5 Å². The molecule has 1 saturated heterocycles.